The number of carbonyl (C=O) groups is 1. The van der Waals surface area contributed by atoms with Crippen molar-refractivity contribution < 1.29 is 14.6 Å². The second kappa shape index (κ2) is 7.62. The van der Waals surface area contributed by atoms with Crippen molar-refractivity contribution in [2.75, 3.05) is 19.8 Å². The van der Waals surface area contributed by atoms with Gasteiger partial charge in [-0.2, -0.15) is 0 Å². The number of carbonyl (C=O) groups excluding carboxylic acids is 1. The number of hydrogen-bond acceptors (Lipinski definition) is 4. The molecule has 0 radical (unpaired) electrons. The van der Waals surface area contributed by atoms with Gasteiger partial charge < -0.3 is 15.2 Å². The maximum Gasteiger partial charge on any atom is 0.257 e. The normalized spacial score (nSPS) is 11.5. The molecule has 0 aliphatic carbocycles. The van der Waals surface area contributed by atoms with Gasteiger partial charge in [-0.15, -0.1) is 0 Å². The highest BCUT2D eigenvalue weighted by molar-refractivity contribution is 6.35. The highest BCUT2D eigenvalue weighted by atomic mass is 35.5. The highest BCUT2D eigenvalue weighted by Gasteiger charge is 2.18. The lowest BCUT2D eigenvalue weighted by molar-refractivity contribution is -0.123. The van der Waals surface area contributed by atoms with Crippen molar-refractivity contribution in [1.29, 1.82) is 0 Å². The molecule has 1 amide bonds. The fourth-order valence-corrected chi connectivity index (χ4v) is 2.37. The van der Waals surface area contributed by atoms with Crippen LogP contribution in [-0.4, -0.2) is 35.8 Å². The van der Waals surface area contributed by atoms with Crippen molar-refractivity contribution in [2.45, 2.75) is 20.3 Å². The van der Waals surface area contributed by atoms with Crippen LogP contribution < -0.4 is 10.1 Å². The van der Waals surface area contributed by atoms with Gasteiger partial charge in [-0.1, -0.05) is 25.4 Å². The molecule has 0 aliphatic heterocycles. The van der Waals surface area contributed by atoms with Crippen LogP contribution in [0.25, 0.3) is 10.9 Å². The van der Waals surface area contributed by atoms with Crippen molar-refractivity contribution in [3.63, 3.8) is 0 Å². The lowest BCUT2D eigenvalue weighted by Crippen LogP contribution is -2.37. The molecule has 124 valence electrons. The molecule has 0 bridgehead atoms. The Kier molecular flexibility index (Phi) is 5.80. The molecule has 0 unspecified atom stereocenters. The summed E-state index contributed by atoms with van der Waals surface area (Å²) in [6.07, 6.45) is 2.28. The lowest BCUT2D eigenvalue weighted by Gasteiger charge is -2.23. The molecule has 2 aromatic rings. The first kappa shape index (κ1) is 17.5. The number of hydrogen-bond donors (Lipinski definition) is 2. The second-order valence-electron chi connectivity index (χ2n) is 6.15. The largest absolute Gasteiger partial charge is 0.481 e. The Hall–Kier alpha value is -1.85. The number of nitrogens with one attached hydrogen (secondary N) is 1. The van der Waals surface area contributed by atoms with Crippen LogP contribution in [0, 0.1) is 5.41 Å². The van der Waals surface area contributed by atoms with Gasteiger partial charge in [0.05, 0.1) is 5.02 Å². The number of rotatable bonds is 7. The molecule has 2 N–H and O–H groups in total. The number of fused-ring (bicyclic) bond motifs is 1. The van der Waals surface area contributed by atoms with Gasteiger partial charge in [0.1, 0.15) is 11.3 Å². The van der Waals surface area contributed by atoms with Crippen molar-refractivity contribution >= 4 is 28.4 Å². The summed E-state index contributed by atoms with van der Waals surface area (Å²) in [5, 5.41) is 13.2. The average molecular weight is 337 g/mol. The van der Waals surface area contributed by atoms with Crippen LogP contribution in [0.5, 0.6) is 5.75 Å². The van der Waals surface area contributed by atoms with Gasteiger partial charge in [-0.25, -0.2) is 0 Å². The number of aliphatic hydroxyl groups is 1. The van der Waals surface area contributed by atoms with Crippen molar-refractivity contribution in [3.8, 4) is 5.75 Å². The molecule has 0 saturated carbocycles. The third-order valence-electron chi connectivity index (χ3n) is 3.59. The SMILES string of the molecule is CC(C)(CCO)CNC(=O)COc1ccc(Cl)c2cccnc12. The van der Waals surface area contributed by atoms with E-state index in [1.807, 2.05) is 19.9 Å². The highest BCUT2D eigenvalue weighted by Crippen LogP contribution is 2.29. The topological polar surface area (TPSA) is 71.5 Å². The molecule has 2 rings (SSSR count). The molecule has 0 saturated heterocycles. The smallest absolute Gasteiger partial charge is 0.257 e. The molecule has 0 spiro atoms. The van der Waals surface area contributed by atoms with E-state index in [1.165, 1.54) is 0 Å². The average Bonchev–Trinajstić information content (AvgIpc) is 2.53. The zero-order chi connectivity index (χ0) is 16.9. The van der Waals surface area contributed by atoms with E-state index in [0.29, 0.717) is 29.3 Å². The minimum absolute atomic E-state index is 0.0947. The van der Waals surface area contributed by atoms with Crippen molar-refractivity contribution in [3.05, 3.63) is 35.5 Å². The van der Waals surface area contributed by atoms with Crippen LogP contribution in [0.4, 0.5) is 0 Å². The number of benzene rings is 1. The molecule has 1 aromatic heterocycles. The maximum atomic E-state index is 11.9. The van der Waals surface area contributed by atoms with Gasteiger partial charge in [-0.05, 0) is 36.1 Å². The molecule has 23 heavy (non-hydrogen) atoms. The van der Waals surface area contributed by atoms with Crippen LogP contribution >= 0.6 is 11.6 Å². The lowest BCUT2D eigenvalue weighted by atomic mass is 9.90. The fraction of sp³-hybridized carbons (Fsp3) is 0.412. The Morgan fingerprint density at radius 1 is 1.39 bits per heavy atom. The van der Waals surface area contributed by atoms with Gasteiger partial charge >= 0.3 is 0 Å². The molecule has 6 heteroatoms. The Morgan fingerprint density at radius 2 is 2.17 bits per heavy atom. The minimum atomic E-state index is -0.213. The summed E-state index contributed by atoms with van der Waals surface area (Å²) in [5.74, 6) is 0.310. The van der Waals surface area contributed by atoms with E-state index >= 15 is 0 Å². The number of amides is 1. The van der Waals surface area contributed by atoms with Gasteiger partial charge in [0.2, 0.25) is 0 Å². The van der Waals surface area contributed by atoms with E-state index < -0.39 is 0 Å². The number of pyridine rings is 1. The molecular formula is C17H21ClN2O3. The minimum Gasteiger partial charge on any atom is -0.481 e. The zero-order valence-electron chi connectivity index (χ0n) is 13.3. The van der Waals surface area contributed by atoms with Gasteiger partial charge in [0.15, 0.2) is 6.61 Å². The van der Waals surface area contributed by atoms with E-state index in [4.69, 9.17) is 21.4 Å². The molecule has 0 atom stereocenters. The first-order valence-electron chi connectivity index (χ1n) is 7.46. The second-order valence-corrected chi connectivity index (χ2v) is 6.56. The van der Waals surface area contributed by atoms with Crippen molar-refractivity contribution in [2.24, 2.45) is 5.41 Å². The number of ether oxygens (including phenoxy) is 1. The molecule has 1 heterocycles. The summed E-state index contributed by atoms with van der Waals surface area (Å²) in [5.41, 5.74) is 0.479. The summed E-state index contributed by atoms with van der Waals surface area (Å²) in [7, 11) is 0. The van der Waals surface area contributed by atoms with Crippen LogP contribution in [0.1, 0.15) is 20.3 Å². The monoisotopic (exact) mass is 336 g/mol. The quantitative estimate of drug-likeness (QED) is 0.815. The fourth-order valence-electron chi connectivity index (χ4n) is 2.15. The van der Waals surface area contributed by atoms with E-state index in [-0.39, 0.29) is 24.5 Å². The number of aromatic nitrogens is 1. The Bertz CT molecular complexity index is 689. The van der Waals surface area contributed by atoms with Gasteiger partial charge in [0, 0.05) is 24.7 Å². The molecule has 1 aromatic carbocycles. The summed E-state index contributed by atoms with van der Waals surface area (Å²) in [6.45, 7) is 4.46. The Morgan fingerprint density at radius 3 is 2.91 bits per heavy atom. The van der Waals surface area contributed by atoms with Gasteiger partial charge in [-0.3, -0.25) is 9.78 Å². The summed E-state index contributed by atoms with van der Waals surface area (Å²) in [4.78, 5) is 16.2. The van der Waals surface area contributed by atoms with Crippen LogP contribution in [0.2, 0.25) is 5.02 Å². The molecular weight excluding hydrogens is 316 g/mol. The van der Waals surface area contributed by atoms with E-state index in [1.54, 1.807) is 24.4 Å². The Labute approximate surface area is 140 Å². The van der Waals surface area contributed by atoms with Crippen LogP contribution in [0.3, 0.4) is 0 Å². The maximum absolute atomic E-state index is 11.9. The standard InChI is InChI=1S/C17H21ClN2O3/c1-17(2,7-9-21)11-20-15(22)10-23-14-6-5-13(18)12-4-3-8-19-16(12)14/h3-6,8,21H,7,9-11H2,1-2H3,(H,20,22). The zero-order valence-corrected chi connectivity index (χ0v) is 14.1. The predicted molar refractivity (Wildman–Crippen MR) is 90.7 cm³/mol. The summed E-state index contributed by atoms with van der Waals surface area (Å²) >= 11 is 6.13. The number of aliphatic hydroxyl groups excluding tert-OH is 1. The summed E-state index contributed by atoms with van der Waals surface area (Å²) < 4.78 is 5.58. The third-order valence-corrected chi connectivity index (χ3v) is 3.92. The number of halogens is 1. The van der Waals surface area contributed by atoms with E-state index in [9.17, 15) is 4.79 Å². The Balaban J connectivity index is 1.96. The first-order chi connectivity index (χ1) is 10.9. The predicted octanol–water partition coefficient (Wildman–Crippen LogP) is 2.79. The first-order valence-corrected chi connectivity index (χ1v) is 7.84. The summed E-state index contributed by atoms with van der Waals surface area (Å²) in [6, 6.07) is 7.09. The molecule has 0 fully saturated rings. The number of nitrogens with zero attached hydrogens (tertiary/aromatic N) is 1. The van der Waals surface area contributed by atoms with E-state index in [0.717, 1.165) is 5.39 Å². The van der Waals surface area contributed by atoms with Gasteiger partial charge in [0.25, 0.3) is 5.91 Å². The third kappa shape index (κ3) is 4.81. The van der Waals surface area contributed by atoms with Crippen LogP contribution in [0.15, 0.2) is 30.5 Å². The van der Waals surface area contributed by atoms with Crippen molar-refractivity contribution in [1.82, 2.24) is 10.3 Å². The molecule has 5 nitrogen and oxygen atoms in total. The van der Waals surface area contributed by atoms with E-state index in [2.05, 4.69) is 10.3 Å². The van der Waals surface area contributed by atoms with Crippen LogP contribution in [-0.2, 0) is 4.79 Å². The molecule has 0 aliphatic rings.